The second-order valence-electron chi connectivity index (χ2n) is 9.28. The molecule has 0 unspecified atom stereocenters. The predicted molar refractivity (Wildman–Crippen MR) is 106 cm³/mol. The fourth-order valence-electron chi connectivity index (χ4n) is 4.21. The zero-order valence-corrected chi connectivity index (χ0v) is 17.8. The largest absolute Gasteiger partial charge is 0.444 e. The molecule has 0 spiro atoms. The highest BCUT2D eigenvalue weighted by Crippen LogP contribution is 2.52. The van der Waals surface area contributed by atoms with E-state index in [4.69, 9.17) is 4.74 Å². The highest BCUT2D eigenvalue weighted by Gasteiger charge is 2.50. The molecule has 2 amide bonds. The monoisotopic (exact) mass is 426 g/mol. The molecule has 166 valence electrons. The van der Waals surface area contributed by atoms with Crippen LogP contribution in [-0.2, 0) is 15.7 Å². The van der Waals surface area contributed by atoms with Gasteiger partial charge in [0.1, 0.15) is 5.60 Å². The molecule has 2 aliphatic rings. The quantitative estimate of drug-likeness (QED) is 0.761. The smallest absolute Gasteiger partial charge is 0.416 e. The summed E-state index contributed by atoms with van der Waals surface area (Å²) >= 11 is 0. The lowest BCUT2D eigenvalue weighted by atomic mass is 9.97. The van der Waals surface area contributed by atoms with Crippen molar-refractivity contribution in [2.75, 3.05) is 6.54 Å². The number of nitrogens with one attached hydrogen (secondary N) is 1. The molecule has 1 heterocycles. The number of likely N-dealkylation sites (tertiary alicyclic amines) is 1. The van der Waals surface area contributed by atoms with Crippen molar-refractivity contribution in [3.05, 3.63) is 35.4 Å². The number of alkyl carbamates (subject to hydrolysis) is 1. The van der Waals surface area contributed by atoms with Crippen LogP contribution >= 0.6 is 0 Å². The van der Waals surface area contributed by atoms with Crippen LogP contribution in [0.5, 0.6) is 0 Å². The van der Waals surface area contributed by atoms with Gasteiger partial charge in [0, 0.05) is 24.5 Å². The van der Waals surface area contributed by atoms with Gasteiger partial charge in [0.25, 0.3) is 0 Å². The number of carbonyl (C=O) groups excluding carboxylic acids is 2. The van der Waals surface area contributed by atoms with E-state index in [1.165, 1.54) is 12.1 Å². The van der Waals surface area contributed by atoms with E-state index in [9.17, 15) is 22.8 Å². The summed E-state index contributed by atoms with van der Waals surface area (Å²) in [4.78, 5) is 26.7. The Morgan fingerprint density at radius 3 is 2.40 bits per heavy atom. The van der Waals surface area contributed by atoms with Gasteiger partial charge in [0.05, 0.1) is 5.56 Å². The van der Waals surface area contributed by atoms with E-state index in [1.807, 2.05) is 6.92 Å². The molecule has 1 aromatic carbocycles. The maximum absolute atomic E-state index is 13.3. The Morgan fingerprint density at radius 2 is 1.80 bits per heavy atom. The van der Waals surface area contributed by atoms with Crippen molar-refractivity contribution in [2.24, 2.45) is 5.92 Å². The minimum absolute atomic E-state index is 0.0970. The normalized spacial score (nSPS) is 26.8. The lowest BCUT2D eigenvalue weighted by molar-refractivity contribution is -0.139. The molecule has 3 rings (SSSR count). The molecule has 1 N–H and O–H groups in total. The number of hydrogen-bond donors (Lipinski definition) is 1. The van der Waals surface area contributed by atoms with Gasteiger partial charge >= 0.3 is 12.3 Å². The first-order valence-corrected chi connectivity index (χ1v) is 10.3. The molecule has 30 heavy (non-hydrogen) atoms. The second kappa shape index (κ2) is 8.12. The summed E-state index contributed by atoms with van der Waals surface area (Å²) in [6.07, 6.45) is -3.29. The van der Waals surface area contributed by atoms with Gasteiger partial charge in [0.15, 0.2) is 0 Å². The SMILES string of the molecule is C[C@@H]1C[C@H](NC(=O)OC(C)(C)C)CCN1C(=O)[C@@H]1C[C@@H]1c1ccccc1C(F)(F)F. The standard InChI is InChI=1S/C22H29F3N2O3/c1-13-11-14(26-20(29)30-21(2,3)4)9-10-27(13)19(28)17-12-16(17)15-7-5-6-8-18(15)22(23,24)25/h5-8,13-14,16-17H,9-12H2,1-4H3,(H,26,29)/t13-,14-,16-,17-/m1/s1. The van der Waals surface area contributed by atoms with Crippen molar-refractivity contribution in [1.29, 1.82) is 0 Å². The van der Waals surface area contributed by atoms with E-state index in [1.54, 1.807) is 31.7 Å². The fraction of sp³-hybridized carbons (Fsp3) is 0.636. The third kappa shape index (κ3) is 5.26. The Hall–Kier alpha value is -2.25. The Kier molecular flexibility index (Phi) is 6.07. The fourth-order valence-corrected chi connectivity index (χ4v) is 4.21. The molecule has 5 nitrogen and oxygen atoms in total. The first kappa shape index (κ1) is 22.4. The van der Waals surface area contributed by atoms with Crippen LogP contribution < -0.4 is 5.32 Å². The number of ether oxygens (including phenoxy) is 1. The van der Waals surface area contributed by atoms with Gasteiger partial charge in [-0.15, -0.1) is 0 Å². The molecular weight excluding hydrogens is 397 g/mol. The predicted octanol–water partition coefficient (Wildman–Crippen LogP) is 4.71. The molecule has 8 heteroatoms. The number of alkyl halides is 3. The average Bonchev–Trinajstić information content (AvgIpc) is 3.39. The molecule has 0 bridgehead atoms. The third-order valence-electron chi connectivity index (χ3n) is 5.65. The summed E-state index contributed by atoms with van der Waals surface area (Å²) in [5, 5.41) is 2.84. The van der Waals surface area contributed by atoms with Crippen LogP contribution in [0.15, 0.2) is 24.3 Å². The number of hydrogen-bond acceptors (Lipinski definition) is 3. The van der Waals surface area contributed by atoms with Crippen LogP contribution in [0.4, 0.5) is 18.0 Å². The van der Waals surface area contributed by atoms with Crippen molar-refractivity contribution in [2.45, 2.75) is 76.7 Å². The van der Waals surface area contributed by atoms with Crippen molar-refractivity contribution in [3.8, 4) is 0 Å². The average molecular weight is 426 g/mol. The zero-order chi connectivity index (χ0) is 22.3. The summed E-state index contributed by atoms with van der Waals surface area (Å²) in [6.45, 7) is 7.74. The lowest BCUT2D eigenvalue weighted by Crippen LogP contribution is -2.52. The minimum atomic E-state index is -4.42. The van der Waals surface area contributed by atoms with Crippen LogP contribution in [0.25, 0.3) is 0 Å². The van der Waals surface area contributed by atoms with Gasteiger partial charge in [-0.1, -0.05) is 18.2 Å². The number of benzene rings is 1. The third-order valence-corrected chi connectivity index (χ3v) is 5.65. The molecule has 0 radical (unpaired) electrons. The van der Waals surface area contributed by atoms with E-state index >= 15 is 0 Å². The van der Waals surface area contributed by atoms with E-state index in [0.29, 0.717) is 25.8 Å². The van der Waals surface area contributed by atoms with Crippen LogP contribution in [0.3, 0.4) is 0 Å². The molecule has 1 aliphatic heterocycles. The summed E-state index contributed by atoms with van der Waals surface area (Å²) < 4.78 is 45.2. The molecular formula is C22H29F3N2O3. The van der Waals surface area contributed by atoms with Crippen LogP contribution in [0.1, 0.15) is 64.0 Å². The summed E-state index contributed by atoms with van der Waals surface area (Å²) in [6, 6.07) is 5.30. The topological polar surface area (TPSA) is 58.6 Å². The summed E-state index contributed by atoms with van der Waals surface area (Å²) in [7, 11) is 0. The maximum atomic E-state index is 13.3. The molecule has 0 aromatic heterocycles. The zero-order valence-electron chi connectivity index (χ0n) is 17.8. The Bertz CT molecular complexity index is 804. The first-order chi connectivity index (χ1) is 13.9. The highest BCUT2D eigenvalue weighted by atomic mass is 19.4. The molecule has 1 saturated carbocycles. The number of rotatable bonds is 3. The molecule has 1 saturated heterocycles. The highest BCUT2D eigenvalue weighted by molar-refractivity contribution is 5.83. The van der Waals surface area contributed by atoms with Crippen LogP contribution in [0, 0.1) is 5.92 Å². The lowest BCUT2D eigenvalue weighted by Gasteiger charge is -2.38. The Labute approximate surface area is 175 Å². The van der Waals surface area contributed by atoms with Gasteiger partial charge in [-0.25, -0.2) is 4.79 Å². The Balaban J connectivity index is 1.58. The number of piperidine rings is 1. The van der Waals surface area contributed by atoms with Gasteiger partial charge < -0.3 is 15.0 Å². The van der Waals surface area contributed by atoms with E-state index < -0.39 is 29.4 Å². The molecule has 4 atom stereocenters. The van der Waals surface area contributed by atoms with Gasteiger partial charge in [0.2, 0.25) is 5.91 Å². The number of carbonyl (C=O) groups is 2. The van der Waals surface area contributed by atoms with E-state index in [0.717, 1.165) is 6.07 Å². The van der Waals surface area contributed by atoms with Crippen LogP contribution in [-0.4, -0.2) is 41.1 Å². The molecule has 1 aromatic rings. The molecule has 1 aliphatic carbocycles. The minimum Gasteiger partial charge on any atom is -0.444 e. The number of amides is 2. The maximum Gasteiger partial charge on any atom is 0.416 e. The molecule has 2 fully saturated rings. The summed E-state index contributed by atoms with van der Waals surface area (Å²) in [5.41, 5.74) is -1.03. The van der Waals surface area contributed by atoms with Crippen molar-refractivity contribution in [1.82, 2.24) is 10.2 Å². The van der Waals surface area contributed by atoms with E-state index in [-0.39, 0.29) is 29.5 Å². The number of halogens is 3. The number of nitrogens with zero attached hydrogens (tertiary/aromatic N) is 1. The van der Waals surface area contributed by atoms with Gasteiger partial charge in [-0.2, -0.15) is 13.2 Å². The second-order valence-corrected chi connectivity index (χ2v) is 9.28. The van der Waals surface area contributed by atoms with Gasteiger partial charge in [-0.05, 0) is 64.5 Å². The van der Waals surface area contributed by atoms with E-state index in [2.05, 4.69) is 5.32 Å². The summed E-state index contributed by atoms with van der Waals surface area (Å²) in [5.74, 6) is -0.897. The first-order valence-electron chi connectivity index (χ1n) is 10.3. The van der Waals surface area contributed by atoms with Crippen LogP contribution in [0.2, 0.25) is 0 Å². The van der Waals surface area contributed by atoms with Crippen molar-refractivity contribution in [3.63, 3.8) is 0 Å². The van der Waals surface area contributed by atoms with Gasteiger partial charge in [-0.3, -0.25) is 4.79 Å². The van der Waals surface area contributed by atoms with Crippen molar-refractivity contribution < 1.29 is 27.5 Å². The van der Waals surface area contributed by atoms with Crippen molar-refractivity contribution >= 4 is 12.0 Å². The Morgan fingerprint density at radius 1 is 1.13 bits per heavy atom.